The molecule has 2 unspecified atom stereocenters. The van der Waals surface area contributed by atoms with E-state index in [-0.39, 0.29) is 11.0 Å². The lowest BCUT2D eigenvalue weighted by atomic mass is 10.1. The number of carbonyl (C=O) groups is 1. The summed E-state index contributed by atoms with van der Waals surface area (Å²) in [5, 5.41) is 0.252. The van der Waals surface area contributed by atoms with Gasteiger partial charge in [0.05, 0.1) is 13.2 Å². The molecule has 0 N–H and O–H groups in total. The van der Waals surface area contributed by atoms with E-state index in [2.05, 4.69) is 62.7 Å². The summed E-state index contributed by atoms with van der Waals surface area (Å²) < 4.78 is 11.3. The quantitative estimate of drug-likeness (QED) is 0.280. The van der Waals surface area contributed by atoms with Crippen LogP contribution in [0.25, 0.3) is 0 Å². The molecule has 5 heteroatoms. The van der Waals surface area contributed by atoms with Gasteiger partial charge in [-0.2, -0.15) is 0 Å². The van der Waals surface area contributed by atoms with E-state index >= 15 is 0 Å². The van der Waals surface area contributed by atoms with Crippen LogP contribution >= 0.6 is 0 Å². The molecule has 0 radical (unpaired) electrons. The molecule has 0 saturated carbocycles. The normalized spacial score (nSPS) is 23.1. The third kappa shape index (κ3) is 6.34. The van der Waals surface area contributed by atoms with Gasteiger partial charge in [0.25, 0.3) is 0 Å². The molecular formula is C19H37NO3Si. The molecular weight excluding hydrogens is 318 g/mol. The van der Waals surface area contributed by atoms with E-state index in [4.69, 9.17) is 4.43 Å². The lowest BCUT2D eigenvalue weighted by Crippen LogP contribution is -2.47. The molecule has 0 aromatic carbocycles. The molecule has 140 valence electrons. The summed E-state index contributed by atoms with van der Waals surface area (Å²) in [7, 11) is 1.92. The number of likely N-dealkylation sites (tertiary alicyclic amines) is 1. The van der Waals surface area contributed by atoms with Gasteiger partial charge >= 0.3 is 5.97 Å². The lowest BCUT2D eigenvalue weighted by Gasteiger charge is -2.40. The van der Waals surface area contributed by atoms with E-state index < -0.39 is 8.32 Å². The highest BCUT2D eigenvalue weighted by atomic mass is 28.4. The van der Waals surface area contributed by atoms with Gasteiger partial charge in [-0.25, -0.2) is 0 Å². The summed E-state index contributed by atoms with van der Waals surface area (Å²) in [6.45, 7) is 12.7. The number of likely N-dealkylation sites (N-methyl/N-ethyl adjacent to an activating group) is 1. The maximum atomic E-state index is 11.1. The second kappa shape index (κ2) is 9.16. The Kier molecular flexibility index (Phi) is 8.16. The second-order valence-corrected chi connectivity index (χ2v) is 13.2. The number of allylic oxidation sites excluding steroid dienone is 1. The Morgan fingerprint density at radius 1 is 1.29 bits per heavy atom. The molecule has 0 aromatic heterocycles. The molecule has 1 fully saturated rings. The molecule has 0 bridgehead atoms. The number of nitrogens with zero attached hydrogens (tertiary/aromatic N) is 1. The summed E-state index contributed by atoms with van der Waals surface area (Å²) in [6.07, 6.45) is 9.23. The van der Waals surface area contributed by atoms with Crippen LogP contribution in [-0.4, -0.2) is 52.0 Å². The van der Waals surface area contributed by atoms with E-state index in [1.165, 1.54) is 7.11 Å². The van der Waals surface area contributed by atoms with Crippen LogP contribution in [0.2, 0.25) is 18.1 Å². The minimum absolute atomic E-state index is 0.123. The SMILES string of the molecule is COC(=O)CCC/C=C\CC1C(O[Si](C)(C)C(C)(C)C)CCN1C. The first-order valence-corrected chi connectivity index (χ1v) is 12.1. The van der Waals surface area contributed by atoms with Crippen LogP contribution in [-0.2, 0) is 14.0 Å². The Hall–Kier alpha value is -0.653. The molecule has 0 spiro atoms. The van der Waals surface area contributed by atoms with Crippen LogP contribution < -0.4 is 0 Å². The number of hydrogen-bond donors (Lipinski definition) is 0. The molecule has 1 rings (SSSR count). The Bertz CT molecular complexity index is 429. The van der Waals surface area contributed by atoms with Crippen LogP contribution in [0.5, 0.6) is 0 Å². The molecule has 0 aromatic rings. The third-order valence-electron chi connectivity index (χ3n) is 5.54. The topological polar surface area (TPSA) is 38.8 Å². The van der Waals surface area contributed by atoms with Gasteiger partial charge in [-0.15, -0.1) is 0 Å². The van der Waals surface area contributed by atoms with Crippen molar-refractivity contribution in [1.29, 1.82) is 0 Å². The molecule has 4 nitrogen and oxygen atoms in total. The number of unbranched alkanes of at least 4 members (excludes halogenated alkanes) is 1. The number of methoxy groups -OCH3 is 1. The standard InChI is InChI=1S/C19H37NO3Si/c1-19(2,3)24(6,7)23-17-14-15-20(4)16(17)12-10-8-9-11-13-18(21)22-5/h8,10,16-17H,9,11-15H2,1-7H3/b10-8-. The molecule has 1 aliphatic heterocycles. The van der Waals surface area contributed by atoms with Crippen molar-refractivity contribution in [2.45, 2.75) is 83.2 Å². The maximum Gasteiger partial charge on any atom is 0.305 e. The largest absolute Gasteiger partial charge is 0.469 e. The summed E-state index contributed by atoms with van der Waals surface area (Å²) in [4.78, 5) is 13.5. The van der Waals surface area contributed by atoms with E-state index in [0.29, 0.717) is 18.6 Å². The van der Waals surface area contributed by atoms with Gasteiger partial charge < -0.3 is 14.1 Å². The highest BCUT2D eigenvalue weighted by Gasteiger charge is 2.42. The fourth-order valence-corrected chi connectivity index (χ4v) is 4.20. The molecule has 1 heterocycles. The van der Waals surface area contributed by atoms with E-state index in [1.807, 2.05) is 0 Å². The predicted octanol–water partition coefficient (Wildman–Crippen LogP) is 4.37. The molecule has 1 saturated heterocycles. The summed E-state index contributed by atoms with van der Waals surface area (Å²) in [5.74, 6) is -0.123. The van der Waals surface area contributed by atoms with Crippen LogP contribution in [0.1, 0.15) is 52.9 Å². The zero-order valence-corrected chi connectivity index (χ0v) is 17.7. The van der Waals surface area contributed by atoms with Crippen LogP contribution in [0.15, 0.2) is 12.2 Å². The fraction of sp³-hybridized carbons (Fsp3) is 0.842. The first kappa shape index (κ1) is 21.4. The first-order chi connectivity index (χ1) is 11.1. The van der Waals surface area contributed by atoms with Crippen molar-refractivity contribution in [3.63, 3.8) is 0 Å². The smallest absolute Gasteiger partial charge is 0.305 e. The van der Waals surface area contributed by atoms with Gasteiger partial charge in [-0.1, -0.05) is 32.9 Å². The Morgan fingerprint density at radius 2 is 1.96 bits per heavy atom. The van der Waals surface area contributed by atoms with E-state index in [1.54, 1.807) is 0 Å². The Balaban J connectivity index is 2.48. The first-order valence-electron chi connectivity index (χ1n) is 9.18. The lowest BCUT2D eigenvalue weighted by molar-refractivity contribution is -0.140. The number of ether oxygens (including phenoxy) is 1. The molecule has 24 heavy (non-hydrogen) atoms. The Labute approximate surface area is 149 Å². The number of hydrogen-bond acceptors (Lipinski definition) is 4. The monoisotopic (exact) mass is 355 g/mol. The number of carbonyl (C=O) groups excluding carboxylic acids is 1. The zero-order chi connectivity index (χ0) is 18.4. The minimum Gasteiger partial charge on any atom is -0.469 e. The summed E-state index contributed by atoms with van der Waals surface area (Å²) in [6, 6.07) is 0.469. The fourth-order valence-electron chi connectivity index (χ4n) is 2.82. The predicted molar refractivity (Wildman–Crippen MR) is 103 cm³/mol. The van der Waals surface area contributed by atoms with Crippen molar-refractivity contribution < 1.29 is 14.0 Å². The minimum atomic E-state index is -1.72. The van der Waals surface area contributed by atoms with E-state index in [0.717, 1.165) is 32.2 Å². The van der Waals surface area contributed by atoms with Crippen LogP contribution in [0, 0.1) is 0 Å². The van der Waals surface area contributed by atoms with Gasteiger partial charge in [0.2, 0.25) is 0 Å². The summed E-state index contributed by atoms with van der Waals surface area (Å²) in [5.41, 5.74) is 0. The summed E-state index contributed by atoms with van der Waals surface area (Å²) >= 11 is 0. The van der Waals surface area contributed by atoms with E-state index in [9.17, 15) is 4.79 Å². The average Bonchev–Trinajstić information content (AvgIpc) is 2.81. The Morgan fingerprint density at radius 3 is 2.54 bits per heavy atom. The average molecular weight is 356 g/mol. The van der Waals surface area contributed by atoms with Gasteiger partial charge in [0.1, 0.15) is 0 Å². The third-order valence-corrected chi connectivity index (χ3v) is 10.0. The van der Waals surface area contributed by atoms with Gasteiger partial charge in [0.15, 0.2) is 8.32 Å². The van der Waals surface area contributed by atoms with Gasteiger partial charge in [0, 0.05) is 19.0 Å². The highest BCUT2D eigenvalue weighted by molar-refractivity contribution is 6.74. The van der Waals surface area contributed by atoms with Crippen molar-refractivity contribution >= 4 is 14.3 Å². The van der Waals surface area contributed by atoms with Crippen molar-refractivity contribution in [1.82, 2.24) is 4.90 Å². The highest BCUT2D eigenvalue weighted by Crippen LogP contribution is 2.39. The van der Waals surface area contributed by atoms with Crippen LogP contribution in [0.4, 0.5) is 0 Å². The van der Waals surface area contributed by atoms with Crippen molar-refractivity contribution in [2.75, 3.05) is 20.7 Å². The number of rotatable bonds is 8. The van der Waals surface area contributed by atoms with Crippen molar-refractivity contribution in [2.24, 2.45) is 0 Å². The molecule has 0 amide bonds. The van der Waals surface area contributed by atoms with Crippen molar-refractivity contribution in [3.05, 3.63) is 12.2 Å². The maximum absolute atomic E-state index is 11.1. The van der Waals surface area contributed by atoms with Crippen LogP contribution in [0.3, 0.4) is 0 Å². The molecule has 0 aliphatic carbocycles. The molecule has 2 atom stereocenters. The molecule has 1 aliphatic rings. The van der Waals surface area contributed by atoms with Gasteiger partial charge in [-0.3, -0.25) is 4.79 Å². The second-order valence-electron chi connectivity index (χ2n) is 8.43. The zero-order valence-electron chi connectivity index (χ0n) is 16.7. The van der Waals surface area contributed by atoms with Crippen molar-refractivity contribution in [3.8, 4) is 0 Å². The number of esters is 1. The van der Waals surface area contributed by atoms with Gasteiger partial charge in [-0.05, 0) is 50.9 Å².